The van der Waals surface area contributed by atoms with Gasteiger partial charge in [-0.1, -0.05) is 43.7 Å². The van der Waals surface area contributed by atoms with Crippen molar-refractivity contribution >= 4 is 0 Å². The molecule has 1 heterocycles. The Balaban J connectivity index is 1.86. The fourth-order valence-electron chi connectivity index (χ4n) is 2.38. The molecular formula is C17H23NO2. The summed E-state index contributed by atoms with van der Waals surface area (Å²) in [4.78, 5) is 0. The lowest BCUT2D eigenvalue weighted by Gasteiger charge is -2.20. The third-order valence-electron chi connectivity index (χ3n) is 3.43. The molecule has 0 aliphatic rings. The molecule has 0 spiro atoms. The largest absolute Gasteiger partial charge is 0.467 e. The zero-order valence-electron chi connectivity index (χ0n) is 12.0. The molecule has 2 unspecified atom stereocenters. The summed E-state index contributed by atoms with van der Waals surface area (Å²) in [5, 5.41) is 13.5. The maximum absolute atomic E-state index is 10.0. The molecule has 0 saturated heterocycles. The third-order valence-corrected chi connectivity index (χ3v) is 3.43. The molecule has 1 aromatic carbocycles. The number of aliphatic hydroxyl groups is 1. The molecule has 20 heavy (non-hydrogen) atoms. The summed E-state index contributed by atoms with van der Waals surface area (Å²) in [5.41, 5.74) is 1.32. The molecule has 0 aliphatic carbocycles. The van der Waals surface area contributed by atoms with Gasteiger partial charge in [0.25, 0.3) is 0 Å². The number of hydrogen-bond donors (Lipinski definition) is 2. The molecule has 0 bridgehead atoms. The minimum atomic E-state index is -0.583. The van der Waals surface area contributed by atoms with Crippen molar-refractivity contribution in [3.63, 3.8) is 0 Å². The Morgan fingerprint density at radius 1 is 1.15 bits per heavy atom. The molecule has 2 rings (SSSR count). The molecule has 0 radical (unpaired) electrons. The Bertz CT molecular complexity index is 467. The van der Waals surface area contributed by atoms with Crippen LogP contribution in [0.2, 0.25) is 0 Å². The molecule has 0 fully saturated rings. The van der Waals surface area contributed by atoms with Gasteiger partial charge in [0.1, 0.15) is 11.9 Å². The molecule has 0 amide bonds. The van der Waals surface area contributed by atoms with E-state index in [1.807, 2.05) is 6.07 Å². The van der Waals surface area contributed by atoms with E-state index in [4.69, 9.17) is 4.42 Å². The van der Waals surface area contributed by atoms with Gasteiger partial charge in [-0.3, -0.25) is 0 Å². The van der Waals surface area contributed by atoms with Crippen molar-refractivity contribution in [3.8, 4) is 0 Å². The summed E-state index contributed by atoms with van der Waals surface area (Å²) in [6, 6.07) is 14.4. The first-order valence-corrected chi connectivity index (χ1v) is 7.28. The van der Waals surface area contributed by atoms with Crippen molar-refractivity contribution in [1.29, 1.82) is 0 Å². The average Bonchev–Trinajstić information content (AvgIpc) is 3.00. The highest BCUT2D eigenvalue weighted by Gasteiger charge is 2.14. The summed E-state index contributed by atoms with van der Waals surface area (Å²) >= 11 is 0. The van der Waals surface area contributed by atoms with E-state index in [0.717, 1.165) is 19.3 Å². The summed E-state index contributed by atoms with van der Waals surface area (Å²) in [5.74, 6) is 0.618. The molecule has 3 heteroatoms. The van der Waals surface area contributed by atoms with Crippen LogP contribution in [0.25, 0.3) is 0 Å². The zero-order chi connectivity index (χ0) is 14.2. The Kier molecular flexibility index (Phi) is 5.84. The second kappa shape index (κ2) is 7.88. The summed E-state index contributed by atoms with van der Waals surface area (Å²) in [7, 11) is 0. The molecule has 2 N–H and O–H groups in total. The minimum absolute atomic E-state index is 0.381. The summed E-state index contributed by atoms with van der Waals surface area (Å²) in [6.07, 6.45) is 4.22. The predicted molar refractivity (Wildman–Crippen MR) is 80.5 cm³/mol. The van der Waals surface area contributed by atoms with Gasteiger partial charge in [-0.25, -0.2) is 0 Å². The van der Waals surface area contributed by atoms with E-state index in [1.54, 1.807) is 18.4 Å². The predicted octanol–water partition coefficient (Wildman–Crippen LogP) is 3.31. The lowest BCUT2D eigenvalue weighted by atomic mass is 10.0. The number of benzene rings is 1. The van der Waals surface area contributed by atoms with Crippen molar-refractivity contribution in [2.45, 2.75) is 38.3 Å². The Hall–Kier alpha value is -1.58. The molecule has 1 aromatic heterocycles. The van der Waals surface area contributed by atoms with E-state index in [1.165, 1.54) is 5.56 Å². The first-order valence-electron chi connectivity index (χ1n) is 7.28. The van der Waals surface area contributed by atoms with E-state index in [2.05, 4.69) is 36.5 Å². The van der Waals surface area contributed by atoms with E-state index >= 15 is 0 Å². The maximum atomic E-state index is 10.0. The fourth-order valence-corrected chi connectivity index (χ4v) is 2.38. The van der Waals surface area contributed by atoms with E-state index < -0.39 is 6.10 Å². The fraction of sp³-hybridized carbons (Fsp3) is 0.412. The lowest BCUT2D eigenvalue weighted by Crippen LogP contribution is -2.34. The highest BCUT2D eigenvalue weighted by molar-refractivity contribution is 5.16. The maximum Gasteiger partial charge on any atom is 0.133 e. The number of hydrogen-bond acceptors (Lipinski definition) is 3. The molecular weight excluding hydrogens is 250 g/mol. The topological polar surface area (TPSA) is 45.4 Å². The second-order valence-corrected chi connectivity index (χ2v) is 5.11. The van der Waals surface area contributed by atoms with Crippen molar-refractivity contribution in [1.82, 2.24) is 5.32 Å². The Morgan fingerprint density at radius 3 is 2.60 bits per heavy atom. The second-order valence-electron chi connectivity index (χ2n) is 5.11. The normalized spacial score (nSPS) is 14.1. The highest BCUT2D eigenvalue weighted by Crippen LogP contribution is 2.13. The molecule has 108 valence electrons. The number of nitrogens with one attached hydrogen (secondary N) is 1. The lowest BCUT2D eigenvalue weighted by molar-refractivity contribution is 0.142. The number of aliphatic hydroxyl groups excluding tert-OH is 1. The van der Waals surface area contributed by atoms with Crippen LogP contribution >= 0.6 is 0 Å². The van der Waals surface area contributed by atoms with Gasteiger partial charge in [0, 0.05) is 12.6 Å². The molecule has 2 aromatic rings. The number of rotatable bonds is 8. The van der Waals surface area contributed by atoms with E-state index in [0.29, 0.717) is 18.3 Å². The quantitative estimate of drug-likeness (QED) is 0.775. The standard InChI is InChI=1S/C17H23NO2/c1-2-7-15(12-14-8-4-3-5-9-14)18-13-16(19)17-10-6-11-20-17/h3-6,8-11,15-16,18-19H,2,7,12-13H2,1H3. The average molecular weight is 273 g/mol. The van der Waals surface area contributed by atoms with Gasteiger partial charge in [-0.05, 0) is 30.5 Å². The van der Waals surface area contributed by atoms with Crippen LogP contribution in [0.5, 0.6) is 0 Å². The summed E-state index contributed by atoms with van der Waals surface area (Å²) in [6.45, 7) is 2.70. The smallest absolute Gasteiger partial charge is 0.133 e. The molecule has 2 atom stereocenters. The van der Waals surface area contributed by atoms with Crippen molar-refractivity contribution in [2.75, 3.05) is 6.54 Å². The van der Waals surface area contributed by atoms with Gasteiger partial charge >= 0.3 is 0 Å². The van der Waals surface area contributed by atoms with Crippen LogP contribution in [0.4, 0.5) is 0 Å². The van der Waals surface area contributed by atoms with E-state index in [-0.39, 0.29) is 0 Å². The van der Waals surface area contributed by atoms with Crippen molar-refractivity contribution in [2.24, 2.45) is 0 Å². The van der Waals surface area contributed by atoms with Crippen LogP contribution in [0.1, 0.15) is 37.2 Å². The van der Waals surface area contributed by atoms with Gasteiger partial charge in [-0.2, -0.15) is 0 Å². The molecule has 0 saturated carbocycles. The van der Waals surface area contributed by atoms with Gasteiger partial charge in [0.2, 0.25) is 0 Å². The SMILES string of the molecule is CCCC(Cc1ccccc1)NCC(O)c1ccco1. The van der Waals surface area contributed by atoms with Crippen molar-refractivity contribution in [3.05, 3.63) is 60.1 Å². The Labute approximate surface area is 120 Å². The van der Waals surface area contributed by atoms with Crippen LogP contribution in [0.15, 0.2) is 53.1 Å². The van der Waals surface area contributed by atoms with E-state index in [9.17, 15) is 5.11 Å². The van der Waals surface area contributed by atoms with Crippen LogP contribution < -0.4 is 5.32 Å². The van der Waals surface area contributed by atoms with Gasteiger partial charge in [-0.15, -0.1) is 0 Å². The first-order chi connectivity index (χ1) is 9.79. The zero-order valence-corrected chi connectivity index (χ0v) is 12.0. The summed E-state index contributed by atoms with van der Waals surface area (Å²) < 4.78 is 5.22. The van der Waals surface area contributed by atoms with Crippen LogP contribution in [-0.4, -0.2) is 17.7 Å². The minimum Gasteiger partial charge on any atom is -0.467 e. The van der Waals surface area contributed by atoms with Crippen LogP contribution in [0, 0.1) is 0 Å². The molecule has 3 nitrogen and oxygen atoms in total. The molecule has 0 aliphatic heterocycles. The highest BCUT2D eigenvalue weighted by atomic mass is 16.4. The van der Waals surface area contributed by atoms with Gasteiger partial charge in [0.15, 0.2) is 0 Å². The number of furan rings is 1. The van der Waals surface area contributed by atoms with Crippen LogP contribution in [0.3, 0.4) is 0 Å². The van der Waals surface area contributed by atoms with Gasteiger partial charge in [0.05, 0.1) is 6.26 Å². The Morgan fingerprint density at radius 2 is 1.95 bits per heavy atom. The first kappa shape index (κ1) is 14.8. The monoisotopic (exact) mass is 273 g/mol. The third kappa shape index (κ3) is 4.51. The van der Waals surface area contributed by atoms with Crippen molar-refractivity contribution < 1.29 is 9.52 Å². The van der Waals surface area contributed by atoms with Gasteiger partial charge < -0.3 is 14.8 Å². The van der Waals surface area contributed by atoms with Crippen LogP contribution in [-0.2, 0) is 6.42 Å².